The lowest BCUT2D eigenvalue weighted by atomic mass is 10.1. The van der Waals surface area contributed by atoms with E-state index in [0.29, 0.717) is 13.0 Å². The van der Waals surface area contributed by atoms with Gasteiger partial charge in [0.15, 0.2) is 0 Å². The summed E-state index contributed by atoms with van der Waals surface area (Å²) >= 11 is 0. The summed E-state index contributed by atoms with van der Waals surface area (Å²) in [6, 6.07) is 0.0916. The number of hydrogen-bond donors (Lipinski definition) is 0. The molecule has 122 valence electrons. The predicted molar refractivity (Wildman–Crippen MR) is 83.5 cm³/mol. The highest BCUT2D eigenvalue weighted by Crippen LogP contribution is 2.24. The number of sulfonamides is 1. The summed E-state index contributed by atoms with van der Waals surface area (Å²) in [5, 5.41) is 0. The second-order valence-electron chi connectivity index (χ2n) is 6.36. The van der Waals surface area contributed by atoms with E-state index in [-0.39, 0.29) is 11.9 Å². The molecule has 6 heteroatoms. The highest BCUT2D eigenvalue weighted by molar-refractivity contribution is 7.88. The molecule has 0 atom stereocenters. The van der Waals surface area contributed by atoms with Crippen LogP contribution in [0.3, 0.4) is 0 Å². The zero-order valence-corrected chi connectivity index (χ0v) is 13.9. The molecule has 1 amide bonds. The van der Waals surface area contributed by atoms with Crippen LogP contribution in [-0.4, -0.2) is 55.5 Å². The van der Waals surface area contributed by atoms with E-state index >= 15 is 0 Å². The van der Waals surface area contributed by atoms with Crippen LogP contribution in [0.2, 0.25) is 0 Å². The first kappa shape index (κ1) is 16.7. The first-order chi connectivity index (χ1) is 9.98. The third-order valence-electron chi connectivity index (χ3n) is 4.66. The van der Waals surface area contributed by atoms with Crippen LogP contribution >= 0.6 is 0 Å². The lowest BCUT2D eigenvalue weighted by Crippen LogP contribution is -2.42. The van der Waals surface area contributed by atoms with Crippen LogP contribution in [0.25, 0.3) is 0 Å². The summed E-state index contributed by atoms with van der Waals surface area (Å²) in [6.07, 6.45) is 10.2. The van der Waals surface area contributed by atoms with E-state index < -0.39 is 10.0 Å². The summed E-state index contributed by atoms with van der Waals surface area (Å²) in [5.74, 6) is 0.106. The fourth-order valence-electron chi connectivity index (χ4n) is 3.50. The Bertz CT molecular complexity index is 436. The quantitative estimate of drug-likeness (QED) is 0.729. The Balaban J connectivity index is 1.94. The zero-order chi connectivity index (χ0) is 15.3. The van der Waals surface area contributed by atoms with Gasteiger partial charge in [0, 0.05) is 32.1 Å². The Morgan fingerprint density at radius 3 is 2.14 bits per heavy atom. The Hall–Kier alpha value is -0.620. The van der Waals surface area contributed by atoms with E-state index in [0.717, 1.165) is 51.6 Å². The minimum absolute atomic E-state index is 0.0916. The van der Waals surface area contributed by atoms with Crippen molar-refractivity contribution >= 4 is 15.9 Å². The van der Waals surface area contributed by atoms with Crippen molar-refractivity contribution in [1.29, 1.82) is 0 Å². The number of carbonyl (C=O) groups excluding carboxylic acids is 1. The monoisotopic (exact) mass is 316 g/mol. The third-order valence-corrected chi connectivity index (χ3v) is 6.00. The van der Waals surface area contributed by atoms with Gasteiger partial charge in [-0.3, -0.25) is 4.79 Å². The first-order valence-electron chi connectivity index (χ1n) is 8.23. The summed E-state index contributed by atoms with van der Waals surface area (Å²) in [5.41, 5.74) is 0. The van der Waals surface area contributed by atoms with Crippen molar-refractivity contribution in [2.45, 2.75) is 63.8 Å². The van der Waals surface area contributed by atoms with Gasteiger partial charge < -0.3 is 4.90 Å². The molecule has 1 aliphatic heterocycles. The van der Waals surface area contributed by atoms with Crippen molar-refractivity contribution < 1.29 is 13.2 Å². The number of rotatable bonds is 5. The summed E-state index contributed by atoms with van der Waals surface area (Å²) < 4.78 is 25.7. The van der Waals surface area contributed by atoms with Gasteiger partial charge in [0.05, 0.1) is 6.26 Å². The summed E-state index contributed by atoms with van der Waals surface area (Å²) in [7, 11) is -3.24. The van der Waals surface area contributed by atoms with Crippen LogP contribution in [0, 0.1) is 0 Å². The van der Waals surface area contributed by atoms with Gasteiger partial charge in [0.1, 0.15) is 0 Å². The molecule has 2 rings (SSSR count). The largest absolute Gasteiger partial charge is 0.343 e. The van der Waals surface area contributed by atoms with Crippen molar-refractivity contribution in [2.24, 2.45) is 0 Å². The SMILES string of the molecule is CS(=O)(=O)N(CCC(=O)N1CCCC1)C1CCCCCC1. The molecule has 0 aromatic rings. The molecule has 0 spiro atoms. The van der Waals surface area contributed by atoms with Gasteiger partial charge in [-0.05, 0) is 25.7 Å². The molecule has 5 nitrogen and oxygen atoms in total. The summed E-state index contributed by atoms with van der Waals surface area (Å²) in [6.45, 7) is 2.01. The maximum Gasteiger partial charge on any atom is 0.223 e. The number of amides is 1. The van der Waals surface area contributed by atoms with E-state index in [2.05, 4.69) is 0 Å². The third kappa shape index (κ3) is 4.95. The Labute approximate surface area is 128 Å². The second-order valence-corrected chi connectivity index (χ2v) is 8.29. The number of hydrogen-bond acceptors (Lipinski definition) is 3. The van der Waals surface area contributed by atoms with E-state index in [9.17, 15) is 13.2 Å². The standard InChI is InChI=1S/C15H28N2O3S/c1-21(19,20)17(14-8-4-2-3-5-9-14)13-10-15(18)16-11-6-7-12-16/h14H,2-13H2,1H3. The van der Waals surface area contributed by atoms with Gasteiger partial charge in [0.25, 0.3) is 0 Å². The molecule has 1 saturated carbocycles. The van der Waals surface area contributed by atoms with Crippen LogP contribution < -0.4 is 0 Å². The predicted octanol–water partition coefficient (Wildman–Crippen LogP) is 1.98. The fourth-order valence-corrected chi connectivity index (χ4v) is 4.67. The molecule has 2 aliphatic rings. The topological polar surface area (TPSA) is 57.7 Å². The van der Waals surface area contributed by atoms with Gasteiger partial charge in [-0.15, -0.1) is 0 Å². The van der Waals surface area contributed by atoms with Crippen LogP contribution in [0.1, 0.15) is 57.8 Å². The molecule has 21 heavy (non-hydrogen) atoms. The normalized spacial score (nSPS) is 21.7. The van der Waals surface area contributed by atoms with Gasteiger partial charge in [-0.25, -0.2) is 8.42 Å². The van der Waals surface area contributed by atoms with Crippen LogP contribution in [0.4, 0.5) is 0 Å². The van der Waals surface area contributed by atoms with Crippen molar-refractivity contribution in [3.05, 3.63) is 0 Å². The first-order valence-corrected chi connectivity index (χ1v) is 10.1. The van der Waals surface area contributed by atoms with Crippen molar-refractivity contribution in [2.75, 3.05) is 25.9 Å². The Morgan fingerprint density at radius 1 is 1.05 bits per heavy atom. The maximum absolute atomic E-state index is 12.1. The van der Waals surface area contributed by atoms with Crippen LogP contribution in [0.15, 0.2) is 0 Å². The van der Waals surface area contributed by atoms with E-state index in [4.69, 9.17) is 0 Å². The molecule has 0 aromatic heterocycles. The molecule has 0 aromatic carbocycles. The van der Waals surface area contributed by atoms with Crippen molar-refractivity contribution in [3.8, 4) is 0 Å². The van der Waals surface area contributed by atoms with Crippen LogP contribution in [0.5, 0.6) is 0 Å². The second kappa shape index (κ2) is 7.58. The molecule has 2 fully saturated rings. The van der Waals surface area contributed by atoms with Gasteiger partial charge >= 0.3 is 0 Å². The molecule has 0 radical (unpaired) electrons. The number of nitrogens with zero attached hydrogens (tertiary/aromatic N) is 2. The van der Waals surface area contributed by atoms with Crippen molar-refractivity contribution in [1.82, 2.24) is 9.21 Å². The Morgan fingerprint density at radius 2 is 1.62 bits per heavy atom. The maximum atomic E-state index is 12.1. The summed E-state index contributed by atoms with van der Waals surface area (Å²) in [4.78, 5) is 14.0. The van der Waals surface area contributed by atoms with E-state index in [1.54, 1.807) is 4.31 Å². The lowest BCUT2D eigenvalue weighted by Gasteiger charge is -2.29. The fraction of sp³-hybridized carbons (Fsp3) is 0.933. The molecule has 0 N–H and O–H groups in total. The van der Waals surface area contributed by atoms with E-state index in [1.165, 1.54) is 19.1 Å². The van der Waals surface area contributed by atoms with Gasteiger partial charge in [-0.2, -0.15) is 4.31 Å². The molecule has 1 saturated heterocycles. The highest BCUT2D eigenvalue weighted by Gasteiger charge is 2.28. The molecule has 0 bridgehead atoms. The minimum atomic E-state index is -3.24. The minimum Gasteiger partial charge on any atom is -0.343 e. The molecular weight excluding hydrogens is 288 g/mol. The van der Waals surface area contributed by atoms with E-state index in [1.807, 2.05) is 4.90 Å². The molecule has 0 unspecified atom stereocenters. The van der Waals surface area contributed by atoms with Gasteiger partial charge in [-0.1, -0.05) is 25.7 Å². The van der Waals surface area contributed by atoms with Crippen molar-refractivity contribution in [3.63, 3.8) is 0 Å². The smallest absolute Gasteiger partial charge is 0.223 e. The lowest BCUT2D eigenvalue weighted by molar-refractivity contribution is -0.130. The van der Waals surface area contributed by atoms with Crippen LogP contribution in [-0.2, 0) is 14.8 Å². The van der Waals surface area contributed by atoms with Gasteiger partial charge in [0.2, 0.25) is 15.9 Å². The molecular formula is C15H28N2O3S. The molecule has 1 aliphatic carbocycles. The number of likely N-dealkylation sites (tertiary alicyclic amines) is 1. The molecule has 1 heterocycles. The zero-order valence-electron chi connectivity index (χ0n) is 13.1. The average Bonchev–Trinajstić information content (AvgIpc) is 2.82. The highest BCUT2D eigenvalue weighted by atomic mass is 32.2. The average molecular weight is 316 g/mol. The Kier molecular flexibility index (Phi) is 6.05. The number of carbonyl (C=O) groups is 1.